The summed E-state index contributed by atoms with van der Waals surface area (Å²) in [7, 11) is 0. The van der Waals surface area contributed by atoms with Gasteiger partial charge in [-0.3, -0.25) is 4.79 Å². The van der Waals surface area contributed by atoms with Gasteiger partial charge in [-0.25, -0.2) is 9.97 Å². The lowest BCUT2D eigenvalue weighted by Crippen LogP contribution is -2.36. The van der Waals surface area contributed by atoms with E-state index in [4.69, 9.17) is 5.73 Å². The Hall–Kier alpha value is -1.75. The molecule has 1 aromatic heterocycles. The van der Waals surface area contributed by atoms with Crippen LogP contribution in [0.15, 0.2) is 19.0 Å². The van der Waals surface area contributed by atoms with Crippen molar-refractivity contribution in [3.05, 3.63) is 35.9 Å². The van der Waals surface area contributed by atoms with Crippen molar-refractivity contribution in [1.29, 1.82) is 0 Å². The summed E-state index contributed by atoms with van der Waals surface area (Å²) >= 11 is 0. The molecule has 1 saturated carbocycles. The predicted molar refractivity (Wildman–Crippen MR) is 80.5 cm³/mol. The van der Waals surface area contributed by atoms with Gasteiger partial charge >= 0.3 is 0 Å². The van der Waals surface area contributed by atoms with Crippen LogP contribution in [0.4, 0.5) is 0 Å². The maximum Gasteiger partial charge on any atom is 0.246 e. The first-order valence-corrected chi connectivity index (χ1v) is 7.68. The molecule has 3 rings (SSSR count). The number of fused-ring (bicyclic) bond motifs is 1. The molecule has 21 heavy (non-hydrogen) atoms. The standard InChI is InChI=1S/C16H22N4O/c1-2-15(21)20-7-6-13-14(9-20)18-10-19-16(13)11-4-3-5-12(17)8-11/h2,10-12H,1,3-9,17H2. The number of hydrogen-bond donors (Lipinski definition) is 1. The van der Waals surface area contributed by atoms with Gasteiger partial charge < -0.3 is 10.6 Å². The molecule has 5 heteroatoms. The van der Waals surface area contributed by atoms with Gasteiger partial charge in [-0.15, -0.1) is 0 Å². The smallest absolute Gasteiger partial charge is 0.246 e. The minimum Gasteiger partial charge on any atom is -0.333 e. The minimum absolute atomic E-state index is 0.0273. The highest BCUT2D eigenvalue weighted by molar-refractivity contribution is 5.87. The lowest BCUT2D eigenvalue weighted by atomic mass is 9.81. The van der Waals surface area contributed by atoms with Crippen LogP contribution in [0, 0.1) is 0 Å². The van der Waals surface area contributed by atoms with Crippen LogP contribution in [0.5, 0.6) is 0 Å². The predicted octanol–water partition coefficient (Wildman–Crippen LogP) is 1.53. The Morgan fingerprint density at radius 2 is 2.29 bits per heavy atom. The molecule has 0 saturated heterocycles. The molecular formula is C16H22N4O. The third kappa shape index (κ3) is 2.83. The first kappa shape index (κ1) is 14.2. The minimum atomic E-state index is -0.0273. The van der Waals surface area contributed by atoms with Crippen molar-refractivity contribution >= 4 is 5.91 Å². The molecular weight excluding hydrogens is 264 g/mol. The van der Waals surface area contributed by atoms with Gasteiger partial charge in [0.2, 0.25) is 5.91 Å². The van der Waals surface area contributed by atoms with Crippen LogP contribution in [0.2, 0.25) is 0 Å². The number of rotatable bonds is 2. The topological polar surface area (TPSA) is 72.1 Å². The summed E-state index contributed by atoms with van der Waals surface area (Å²) in [6.45, 7) is 4.84. The maximum absolute atomic E-state index is 11.8. The fraction of sp³-hybridized carbons (Fsp3) is 0.562. The Bertz CT molecular complexity index is 557. The van der Waals surface area contributed by atoms with E-state index in [0.29, 0.717) is 12.5 Å². The van der Waals surface area contributed by atoms with Gasteiger partial charge in [-0.2, -0.15) is 0 Å². The van der Waals surface area contributed by atoms with Crippen LogP contribution < -0.4 is 5.73 Å². The highest BCUT2D eigenvalue weighted by atomic mass is 16.2. The molecule has 1 amide bonds. The lowest BCUT2D eigenvalue weighted by molar-refractivity contribution is -0.126. The van der Waals surface area contributed by atoms with Crippen molar-refractivity contribution in [2.24, 2.45) is 5.73 Å². The van der Waals surface area contributed by atoms with E-state index in [-0.39, 0.29) is 11.9 Å². The summed E-state index contributed by atoms with van der Waals surface area (Å²) in [5.41, 5.74) is 9.51. The first-order chi connectivity index (χ1) is 10.2. The van der Waals surface area contributed by atoms with E-state index in [1.165, 1.54) is 23.8 Å². The summed E-state index contributed by atoms with van der Waals surface area (Å²) in [5, 5.41) is 0. The van der Waals surface area contributed by atoms with Gasteiger partial charge in [0.15, 0.2) is 0 Å². The second-order valence-corrected chi connectivity index (χ2v) is 6.02. The van der Waals surface area contributed by atoms with Crippen molar-refractivity contribution in [1.82, 2.24) is 14.9 Å². The average Bonchev–Trinajstić information content (AvgIpc) is 2.53. The van der Waals surface area contributed by atoms with Crippen LogP contribution in [0.3, 0.4) is 0 Å². The quantitative estimate of drug-likeness (QED) is 0.837. The van der Waals surface area contributed by atoms with Crippen LogP contribution in [-0.2, 0) is 17.8 Å². The Balaban J connectivity index is 1.85. The molecule has 1 fully saturated rings. The number of amides is 1. The largest absolute Gasteiger partial charge is 0.333 e. The van der Waals surface area contributed by atoms with Crippen LogP contribution in [0.25, 0.3) is 0 Å². The van der Waals surface area contributed by atoms with Crippen LogP contribution in [-0.4, -0.2) is 33.4 Å². The molecule has 2 aliphatic rings. The Kier molecular flexibility index (Phi) is 4.01. The van der Waals surface area contributed by atoms with Gasteiger partial charge in [0.05, 0.1) is 17.9 Å². The monoisotopic (exact) mass is 286 g/mol. The van der Waals surface area contributed by atoms with Crippen molar-refractivity contribution in [2.45, 2.75) is 50.6 Å². The van der Waals surface area contributed by atoms with Gasteiger partial charge in [0.25, 0.3) is 0 Å². The number of carbonyl (C=O) groups excluding carboxylic acids is 1. The molecule has 0 aromatic carbocycles. The molecule has 112 valence electrons. The van der Waals surface area contributed by atoms with E-state index < -0.39 is 0 Å². The summed E-state index contributed by atoms with van der Waals surface area (Å²) in [4.78, 5) is 22.5. The number of nitrogens with zero attached hydrogens (tertiary/aromatic N) is 3. The highest BCUT2D eigenvalue weighted by Gasteiger charge is 2.28. The van der Waals surface area contributed by atoms with Crippen LogP contribution in [0.1, 0.15) is 48.6 Å². The summed E-state index contributed by atoms with van der Waals surface area (Å²) in [6.07, 6.45) is 8.29. The van der Waals surface area contributed by atoms with E-state index in [1.54, 1.807) is 11.2 Å². The summed E-state index contributed by atoms with van der Waals surface area (Å²) in [6, 6.07) is 0.289. The molecule has 5 nitrogen and oxygen atoms in total. The second kappa shape index (κ2) is 5.93. The van der Waals surface area contributed by atoms with E-state index in [2.05, 4.69) is 16.5 Å². The molecule has 0 radical (unpaired) electrons. The Labute approximate surface area is 125 Å². The molecule has 1 aromatic rings. The number of carbonyl (C=O) groups is 1. The fourth-order valence-corrected chi connectivity index (χ4v) is 3.52. The maximum atomic E-state index is 11.8. The van der Waals surface area contributed by atoms with E-state index in [1.807, 2.05) is 0 Å². The Morgan fingerprint density at radius 1 is 1.43 bits per heavy atom. The molecule has 2 N–H and O–H groups in total. The summed E-state index contributed by atoms with van der Waals surface area (Å²) < 4.78 is 0. The lowest BCUT2D eigenvalue weighted by Gasteiger charge is -2.32. The molecule has 0 spiro atoms. The second-order valence-electron chi connectivity index (χ2n) is 6.02. The molecule has 1 aliphatic heterocycles. The molecule has 0 bridgehead atoms. The van der Waals surface area contributed by atoms with E-state index in [0.717, 1.165) is 37.9 Å². The number of aromatic nitrogens is 2. The van der Waals surface area contributed by atoms with Gasteiger partial charge in [0, 0.05) is 18.5 Å². The molecule has 2 unspecified atom stereocenters. The molecule has 2 atom stereocenters. The fourth-order valence-electron chi connectivity index (χ4n) is 3.52. The summed E-state index contributed by atoms with van der Waals surface area (Å²) in [5.74, 6) is 0.424. The van der Waals surface area contributed by atoms with E-state index >= 15 is 0 Å². The zero-order chi connectivity index (χ0) is 14.8. The SMILES string of the molecule is C=CC(=O)N1CCc2c(ncnc2C2CCCC(N)C2)C1. The molecule has 2 heterocycles. The zero-order valence-corrected chi connectivity index (χ0v) is 12.3. The normalized spacial score (nSPS) is 25.3. The van der Waals surface area contributed by atoms with Gasteiger partial charge in [-0.1, -0.05) is 13.0 Å². The van der Waals surface area contributed by atoms with Crippen molar-refractivity contribution in [2.75, 3.05) is 6.54 Å². The van der Waals surface area contributed by atoms with Gasteiger partial charge in [0.1, 0.15) is 6.33 Å². The van der Waals surface area contributed by atoms with Crippen molar-refractivity contribution < 1.29 is 4.79 Å². The van der Waals surface area contributed by atoms with Crippen molar-refractivity contribution in [3.63, 3.8) is 0 Å². The van der Waals surface area contributed by atoms with Gasteiger partial charge in [-0.05, 0) is 37.3 Å². The Morgan fingerprint density at radius 3 is 3.05 bits per heavy atom. The zero-order valence-electron chi connectivity index (χ0n) is 12.3. The average molecular weight is 286 g/mol. The number of hydrogen-bond acceptors (Lipinski definition) is 4. The number of nitrogens with two attached hydrogens (primary N) is 1. The first-order valence-electron chi connectivity index (χ1n) is 7.68. The van der Waals surface area contributed by atoms with Crippen molar-refractivity contribution in [3.8, 4) is 0 Å². The van der Waals surface area contributed by atoms with Crippen LogP contribution >= 0.6 is 0 Å². The third-order valence-electron chi connectivity index (χ3n) is 4.63. The third-order valence-corrected chi connectivity index (χ3v) is 4.63. The molecule has 1 aliphatic carbocycles. The van der Waals surface area contributed by atoms with E-state index in [9.17, 15) is 4.79 Å². The highest BCUT2D eigenvalue weighted by Crippen LogP contribution is 2.34.